The number of aryl methyl sites for hydroxylation is 1. The van der Waals surface area contributed by atoms with Gasteiger partial charge in [-0.2, -0.15) is 0 Å². The van der Waals surface area contributed by atoms with E-state index in [4.69, 9.17) is 4.42 Å². The van der Waals surface area contributed by atoms with E-state index in [1.165, 1.54) is 0 Å². The fourth-order valence-electron chi connectivity index (χ4n) is 2.26. The number of hydrogen-bond acceptors (Lipinski definition) is 4. The number of aliphatic hydroxyl groups excluding tert-OH is 1. The third-order valence-corrected chi connectivity index (χ3v) is 3.25. The number of para-hydroxylation sites is 1. The van der Waals surface area contributed by atoms with Crippen molar-refractivity contribution in [2.24, 2.45) is 0 Å². The maximum atomic E-state index is 9.45. The minimum Gasteiger partial charge on any atom is -0.463 e. The fourth-order valence-corrected chi connectivity index (χ4v) is 2.26. The molecule has 5 heteroatoms. The molecule has 5 nitrogen and oxygen atoms in total. The van der Waals surface area contributed by atoms with E-state index in [-0.39, 0.29) is 6.61 Å². The van der Waals surface area contributed by atoms with Gasteiger partial charge >= 0.3 is 0 Å². The van der Waals surface area contributed by atoms with Crippen molar-refractivity contribution in [3.63, 3.8) is 0 Å². The van der Waals surface area contributed by atoms with Crippen molar-refractivity contribution in [2.75, 3.05) is 0 Å². The molecule has 102 valence electrons. The van der Waals surface area contributed by atoms with Crippen molar-refractivity contribution >= 4 is 0 Å². The summed E-state index contributed by atoms with van der Waals surface area (Å²) in [4.78, 5) is 0. The summed E-state index contributed by atoms with van der Waals surface area (Å²) in [7, 11) is 0. The van der Waals surface area contributed by atoms with E-state index in [1.807, 2.05) is 24.3 Å². The van der Waals surface area contributed by atoms with Gasteiger partial charge in [0.05, 0.1) is 18.6 Å². The third kappa shape index (κ3) is 2.02. The monoisotopic (exact) mass is 269 g/mol. The van der Waals surface area contributed by atoms with Crippen molar-refractivity contribution in [3.05, 3.63) is 53.9 Å². The Morgan fingerprint density at radius 1 is 1.20 bits per heavy atom. The molecule has 0 fully saturated rings. The summed E-state index contributed by atoms with van der Waals surface area (Å²) in [6.07, 6.45) is 2.49. The van der Waals surface area contributed by atoms with Gasteiger partial charge in [-0.25, -0.2) is 4.68 Å². The lowest BCUT2D eigenvalue weighted by Gasteiger charge is -2.09. The molecule has 0 aliphatic heterocycles. The number of aliphatic hydroxyl groups is 1. The van der Waals surface area contributed by atoms with Crippen LogP contribution in [0.15, 0.2) is 47.1 Å². The molecule has 3 aromatic rings. The van der Waals surface area contributed by atoms with Crippen LogP contribution in [0.2, 0.25) is 0 Å². The van der Waals surface area contributed by atoms with Gasteiger partial charge < -0.3 is 9.52 Å². The van der Waals surface area contributed by atoms with E-state index in [9.17, 15) is 5.11 Å². The average Bonchev–Trinajstić information content (AvgIpc) is 3.15. The van der Waals surface area contributed by atoms with Crippen LogP contribution in [0.25, 0.3) is 17.1 Å². The second-order valence-corrected chi connectivity index (χ2v) is 4.41. The van der Waals surface area contributed by atoms with Crippen molar-refractivity contribution in [3.8, 4) is 17.1 Å². The molecule has 0 saturated carbocycles. The number of hydrogen-bond donors (Lipinski definition) is 1. The van der Waals surface area contributed by atoms with Crippen LogP contribution < -0.4 is 0 Å². The van der Waals surface area contributed by atoms with Gasteiger partial charge in [0.2, 0.25) is 0 Å². The Hall–Kier alpha value is -2.40. The smallest absolute Gasteiger partial charge is 0.154 e. The van der Waals surface area contributed by atoms with Gasteiger partial charge in [0.15, 0.2) is 5.76 Å². The molecule has 3 rings (SSSR count). The Kier molecular flexibility index (Phi) is 3.35. The van der Waals surface area contributed by atoms with E-state index >= 15 is 0 Å². The Balaban J connectivity index is 2.22. The molecule has 0 aliphatic rings. The zero-order valence-corrected chi connectivity index (χ0v) is 11.2. The van der Waals surface area contributed by atoms with Gasteiger partial charge in [0, 0.05) is 0 Å². The molecule has 20 heavy (non-hydrogen) atoms. The van der Waals surface area contributed by atoms with E-state index in [2.05, 4.69) is 23.3 Å². The minimum absolute atomic E-state index is 0.176. The predicted molar refractivity (Wildman–Crippen MR) is 74.4 cm³/mol. The molecule has 0 amide bonds. The van der Waals surface area contributed by atoms with Crippen LogP contribution in [0.4, 0.5) is 0 Å². The molecule has 0 bridgehead atoms. The maximum Gasteiger partial charge on any atom is 0.154 e. The second kappa shape index (κ2) is 5.30. The Labute approximate surface area is 116 Å². The van der Waals surface area contributed by atoms with E-state index in [1.54, 1.807) is 17.0 Å². The number of aromatic nitrogens is 3. The number of furan rings is 1. The Morgan fingerprint density at radius 2 is 2.05 bits per heavy atom. The SMILES string of the molecule is CCc1ccccc1-n1nnc(CO)c1-c1ccco1. The maximum absolute atomic E-state index is 9.45. The third-order valence-electron chi connectivity index (χ3n) is 3.25. The quantitative estimate of drug-likeness (QED) is 0.790. The predicted octanol–water partition coefficient (Wildman–Crippen LogP) is 2.58. The molecule has 0 saturated heterocycles. The first kappa shape index (κ1) is 12.6. The van der Waals surface area contributed by atoms with E-state index in [0.717, 1.165) is 17.7 Å². The van der Waals surface area contributed by atoms with Crippen molar-refractivity contribution in [1.29, 1.82) is 0 Å². The van der Waals surface area contributed by atoms with Crippen LogP contribution in [0, 0.1) is 0 Å². The summed E-state index contributed by atoms with van der Waals surface area (Å²) in [6.45, 7) is 1.92. The normalized spacial score (nSPS) is 10.9. The van der Waals surface area contributed by atoms with Crippen LogP contribution in [-0.2, 0) is 13.0 Å². The van der Waals surface area contributed by atoms with Gasteiger partial charge in [0.25, 0.3) is 0 Å². The highest BCUT2D eigenvalue weighted by Gasteiger charge is 2.19. The molecule has 2 heterocycles. The standard InChI is InChI=1S/C15H15N3O2/c1-2-11-6-3-4-7-13(11)18-15(12(10-19)16-17-18)14-8-5-9-20-14/h3-9,19H,2,10H2,1H3. The summed E-state index contributed by atoms with van der Waals surface area (Å²) in [6, 6.07) is 11.6. The largest absolute Gasteiger partial charge is 0.463 e. The first-order valence-corrected chi connectivity index (χ1v) is 6.52. The number of benzene rings is 1. The molecule has 2 aromatic heterocycles. The second-order valence-electron chi connectivity index (χ2n) is 4.41. The van der Waals surface area contributed by atoms with Crippen LogP contribution in [-0.4, -0.2) is 20.1 Å². The first-order valence-electron chi connectivity index (χ1n) is 6.52. The van der Waals surface area contributed by atoms with Gasteiger partial charge in [0.1, 0.15) is 11.4 Å². The summed E-state index contributed by atoms with van der Waals surface area (Å²) in [5, 5.41) is 17.7. The lowest BCUT2D eigenvalue weighted by molar-refractivity contribution is 0.277. The van der Waals surface area contributed by atoms with E-state index in [0.29, 0.717) is 17.1 Å². The molecule has 0 spiro atoms. The molecule has 1 aromatic carbocycles. The summed E-state index contributed by atoms with van der Waals surface area (Å²) < 4.78 is 7.17. The van der Waals surface area contributed by atoms with Crippen LogP contribution in [0.3, 0.4) is 0 Å². The highest BCUT2D eigenvalue weighted by Crippen LogP contribution is 2.27. The summed E-state index contributed by atoms with van der Waals surface area (Å²) >= 11 is 0. The Morgan fingerprint density at radius 3 is 2.75 bits per heavy atom. The Bertz CT molecular complexity index is 702. The summed E-state index contributed by atoms with van der Waals surface area (Å²) in [5.41, 5.74) is 3.31. The van der Waals surface area contributed by atoms with E-state index < -0.39 is 0 Å². The molecular weight excluding hydrogens is 254 g/mol. The highest BCUT2D eigenvalue weighted by molar-refractivity contribution is 5.59. The number of nitrogens with zero attached hydrogens (tertiary/aromatic N) is 3. The lowest BCUT2D eigenvalue weighted by Crippen LogP contribution is -2.03. The number of rotatable bonds is 4. The highest BCUT2D eigenvalue weighted by atomic mass is 16.3. The zero-order valence-electron chi connectivity index (χ0n) is 11.2. The van der Waals surface area contributed by atoms with Crippen LogP contribution in [0.5, 0.6) is 0 Å². The van der Waals surface area contributed by atoms with Crippen LogP contribution in [0.1, 0.15) is 18.2 Å². The minimum atomic E-state index is -0.176. The topological polar surface area (TPSA) is 64.1 Å². The average molecular weight is 269 g/mol. The van der Waals surface area contributed by atoms with Gasteiger partial charge in [-0.15, -0.1) is 5.10 Å². The molecule has 0 atom stereocenters. The van der Waals surface area contributed by atoms with Gasteiger partial charge in [-0.1, -0.05) is 30.3 Å². The fraction of sp³-hybridized carbons (Fsp3) is 0.200. The zero-order chi connectivity index (χ0) is 13.9. The van der Waals surface area contributed by atoms with Crippen molar-refractivity contribution < 1.29 is 9.52 Å². The molecular formula is C15H15N3O2. The first-order chi connectivity index (χ1) is 9.85. The van der Waals surface area contributed by atoms with Crippen molar-refractivity contribution in [2.45, 2.75) is 20.0 Å². The lowest BCUT2D eigenvalue weighted by atomic mass is 10.1. The van der Waals surface area contributed by atoms with Gasteiger partial charge in [-0.05, 0) is 30.2 Å². The van der Waals surface area contributed by atoms with Crippen molar-refractivity contribution in [1.82, 2.24) is 15.0 Å². The summed E-state index contributed by atoms with van der Waals surface area (Å²) in [5.74, 6) is 0.643. The molecule has 1 N–H and O–H groups in total. The van der Waals surface area contributed by atoms with Crippen LogP contribution >= 0.6 is 0 Å². The molecule has 0 aliphatic carbocycles. The molecule has 0 radical (unpaired) electrons. The molecule has 0 unspecified atom stereocenters. The van der Waals surface area contributed by atoms with Gasteiger partial charge in [-0.3, -0.25) is 0 Å².